The van der Waals surface area contributed by atoms with Gasteiger partial charge < -0.3 is 26.0 Å². The first-order valence-electron chi connectivity index (χ1n) is 8.99. The van der Waals surface area contributed by atoms with Gasteiger partial charge in [0.1, 0.15) is 11.5 Å². The molecule has 28 heavy (non-hydrogen) atoms. The lowest BCUT2D eigenvalue weighted by Gasteiger charge is -2.29. The van der Waals surface area contributed by atoms with Crippen molar-refractivity contribution < 1.29 is 14.3 Å². The fourth-order valence-corrected chi connectivity index (χ4v) is 3.06. The van der Waals surface area contributed by atoms with Crippen LogP contribution in [0.15, 0.2) is 54.6 Å². The number of nitrogens with two attached hydrogens (primary N) is 1. The van der Waals surface area contributed by atoms with E-state index in [1.165, 1.54) is 0 Å². The number of hydrogen-bond donors (Lipinski definition) is 3. The molecule has 0 bridgehead atoms. The maximum Gasteiger partial charge on any atom is 0.312 e. The van der Waals surface area contributed by atoms with Gasteiger partial charge in [-0.2, -0.15) is 0 Å². The highest BCUT2D eigenvalue weighted by atomic mass is 35.5. The van der Waals surface area contributed by atoms with Gasteiger partial charge >= 0.3 is 6.03 Å². The first-order valence-corrected chi connectivity index (χ1v) is 8.99. The van der Waals surface area contributed by atoms with Gasteiger partial charge in [0.15, 0.2) is 0 Å². The number of primary amides is 1. The summed E-state index contributed by atoms with van der Waals surface area (Å²) in [6.45, 7) is 2.89. The lowest BCUT2D eigenvalue weighted by Crippen LogP contribution is -2.47. The fraction of sp³-hybridized carbons (Fsp3) is 0.300. The fourth-order valence-electron chi connectivity index (χ4n) is 3.06. The van der Waals surface area contributed by atoms with Crippen molar-refractivity contribution in [2.75, 3.05) is 26.2 Å². The summed E-state index contributed by atoms with van der Waals surface area (Å²) in [5.41, 5.74) is 6.10. The van der Waals surface area contributed by atoms with E-state index in [1.54, 1.807) is 4.90 Å². The molecule has 2 aromatic rings. The van der Waals surface area contributed by atoms with E-state index in [2.05, 4.69) is 10.6 Å². The predicted octanol–water partition coefficient (Wildman–Crippen LogP) is 2.43. The third kappa shape index (κ3) is 6.14. The topological polar surface area (TPSA) is 96.7 Å². The summed E-state index contributed by atoms with van der Waals surface area (Å²) in [7, 11) is 0. The van der Waals surface area contributed by atoms with E-state index < -0.39 is 12.1 Å². The highest BCUT2D eigenvalue weighted by Crippen LogP contribution is 2.26. The van der Waals surface area contributed by atoms with Crippen LogP contribution < -0.4 is 21.1 Å². The minimum absolute atomic E-state index is 0. The summed E-state index contributed by atoms with van der Waals surface area (Å²) >= 11 is 0. The molecule has 0 aromatic heterocycles. The number of nitrogens with one attached hydrogen (secondary N) is 2. The Kier molecular flexibility index (Phi) is 8.10. The zero-order chi connectivity index (χ0) is 19.1. The zero-order valence-electron chi connectivity index (χ0n) is 15.5. The number of amides is 3. The van der Waals surface area contributed by atoms with E-state index in [0.29, 0.717) is 24.6 Å². The summed E-state index contributed by atoms with van der Waals surface area (Å²) in [6.07, 6.45) is 0.151. The molecular weight excluding hydrogens is 380 g/mol. The number of rotatable bonds is 6. The summed E-state index contributed by atoms with van der Waals surface area (Å²) in [5, 5.41) is 5.89. The van der Waals surface area contributed by atoms with E-state index in [4.69, 9.17) is 10.5 Å². The molecule has 0 saturated carbocycles. The second-order valence-electron chi connectivity index (χ2n) is 6.38. The largest absolute Gasteiger partial charge is 0.457 e. The van der Waals surface area contributed by atoms with Crippen LogP contribution in [0.1, 0.15) is 18.0 Å². The van der Waals surface area contributed by atoms with Crippen LogP contribution in [-0.4, -0.2) is 43.0 Å². The predicted molar refractivity (Wildman–Crippen MR) is 110 cm³/mol. The smallest absolute Gasteiger partial charge is 0.312 e. The molecule has 0 radical (unpaired) electrons. The standard InChI is InChI=1S/C20H24N4O3.ClH/c21-20(26)23-18(14-19(25)24-11-9-22-10-12-24)15-5-4-8-17(13-15)27-16-6-2-1-3-7-16;/h1-8,13,18,22H,9-12,14H2,(H3,21,23,26);1H. The monoisotopic (exact) mass is 404 g/mol. The maximum absolute atomic E-state index is 12.6. The van der Waals surface area contributed by atoms with Gasteiger partial charge in [-0.1, -0.05) is 30.3 Å². The van der Waals surface area contributed by atoms with Crippen molar-refractivity contribution in [3.8, 4) is 11.5 Å². The normalized spacial score (nSPS) is 14.5. The molecule has 3 rings (SSSR count). The van der Waals surface area contributed by atoms with Crippen LogP contribution in [0.25, 0.3) is 0 Å². The van der Waals surface area contributed by atoms with Crippen molar-refractivity contribution in [3.05, 3.63) is 60.2 Å². The number of halogens is 1. The van der Waals surface area contributed by atoms with Crippen molar-refractivity contribution in [1.29, 1.82) is 0 Å². The maximum atomic E-state index is 12.6. The van der Waals surface area contributed by atoms with Crippen molar-refractivity contribution in [2.45, 2.75) is 12.5 Å². The number of urea groups is 1. The molecule has 1 heterocycles. The van der Waals surface area contributed by atoms with Gasteiger partial charge in [0.25, 0.3) is 0 Å². The molecule has 7 nitrogen and oxygen atoms in total. The zero-order valence-corrected chi connectivity index (χ0v) is 16.3. The van der Waals surface area contributed by atoms with E-state index in [1.807, 2.05) is 54.6 Å². The number of para-hydroxylation sites is 1. The van der Waals surface area contributed by atoms with Crippen molar-refractivity contribution in [2.24, 2.45) is 5.73 Å². The van der Waals surface area contributed by atoms with Gasteiger partial charge in [-0.3, -0.25) is 4.79 Å². The van der Waals surface area contributed by atoms with Crippen molar-refractivity contribution in [1.82, 2.24) is 15.5 Å². The third-order valence-electron chi connectivity index (χ3n) is 4.40. The van der Waals surface area contributed by atoms with Gasteiger partial charge in [-0.25, -0.2) is 4.79 Å². The number of hydrogen-bond acceptors (Lipinski definition) is 4. The van der Waals surface area contributed by atoms with Crippen molar-refractivity contribution in [3.63, 3.8) is 0 Å². The molecule has 1 saturated heterocycles. The lowest BCUT2D eigenvalue weighted by molar-refractivity contribution is -0.132. The van der Waals surface area contributed by atoms with E-state index in [-0.39, 0.29) is 24.7 Å². The van der Waals surface area contributed by atoms with Gasteiger partial charge in [0.05, 0.1) is 12.5 Å². The van der Waals surface area contributed by atoms with Crippen LogP contribution >= 0.6 is 12.4 Å². The molecule has 4 N–H and O–H groups in total. The van der Waals surface area contributed by atoms with Crippen LogP contribution in [-0.2, 0) is 4.79 Å². The second kappa shape index (κ2) is 10.5. The highest BCUT2D eigenvalue weighted by molar-refractivity contribution is 5.85. The highest BCUT2D eigenvalue weighted by Gasteiger charge is 2.23. The average Bonchev–Trinajstić information content (AvgIpc) is 2.69. The Morgan fingerprint density at radius 2 is 1.75 bits per heavy atom. The third-order valence-corrected chi connectivity index (χ3v) is 4.40. The molecule has 3 amide bonds. The number of piperazine rings is 1. The number of carbonyl (C=O) groups is 2. The molecular formula is C20H25ClN4O3. The molecule has 1 aliphatic heterocycles. The minimum atomic E-state index is -0.664. The molecule has 150 valence electrons. The molecule has 8 heteroatoms. The molecule has 2 aromatic carbocycles. The van der Waals surface area contributed by atoms with Gasteiger partial charge in [0.2, 0.25) is 5.91 Å². The quantitative estimate of drug-likeness (QED) is 0.688. The van der Waals surface area contributed by atoms with Crippen LogP contribution in [0.4, 0.5) is 4.79 Å². The molecule has 1 unspecified atom stereocenters. The molecule has 1 fully saturated rings. The van der Waals surface area contributed by atoms with Crippen LogP contribution in [0.3, 0.4) is 0 Å². The van der Waals surface area contributed by atoms with Gasteiger partial charge in [-0.05, 0) is 29.8 Å². The van der Waals surface area contributed by atoms with Crippen LogP contribution in [0, 0.1) is 0 Å². The van der Waals surface area contributed by atoms with Gasteiger partial charge in [-0.15, -0.1) is 12.4 Å². The Bertz CT molecular complexity index is 782. The lowest BCUT2D eigenvalue weighted by atomic mass is 10.0. The van der Waals surface area contributed by atoms with Gasteiger partial charge in [0, 0.05) is 26.2 Å². The Morgan fingerprint density at radius 3 is 2.43 bits per heavy atom. The molecule has 1 atom stereocenters. The summed E-state index contributed by atoms with van der Waals surface area (Å²) in [5.74, 6) is 1.33. The first kappa shape index (κ1) is 21.5. The Balaban J connectivity index is 0.00000280. The summed E-state index contributed by atoms with van der Waals surface area (Å²) in [6, 6.07) is 15.6. The Hall–Kier alpha value is -2.77. The summed E-state index contributed by atoms with van der Waals surface area (Å²) in [4.78, 5) is 25.9. The number of ether oxygens (including phenoxy) is 1. The number of nitrogens with zero attached hydrogens (tertiary/aromatic N) is 1. The SMILES string of the molecule is Cl.NC(=O)NC(CC(=O)N1CCNCC1)c1cccc(Oc2ccccc2)c1. The summed E-state index contributed by atoms with van der Waals surface area (Å²) < 4.78 is 5.85. The number of benzene rings is 2. The second-order valence-corrected chi connectivity index (χ2v) is 6.38. The van der Waals surface area contributed by atoms with Crippen molar-refractivity contribution >= 4 is 24.3 Å². The van der Waals surface area contributed by atoms with Crippen LogP contribution in [0.2, 0.25) is 0 Å². The van der Waals surface area contributed by atoms with E-state index in [0.717, 1.165) is 18.7 Å². The Morgan fingerprint density at radius 1 is 1.07 bits per heavy atom. The molecule has 1 aliphatic rings. The molecule has 0 aliphatic carbocycles. The van der Waals surface area contributed by atoms with E-state index in [9.17, 15) is 9.59 Å². The first-order chi connectivity index (χ1) is 13.1. The van der Waals surface area contributed by atoms with Crippen LogP contribution in [0.5, 0.6) is 11.5 Å². The van der Waals surface area contributed by atoms with E-state index >= 15 is 0 Å². The minimum Gasteiger partial charge on any atom is -0.457 e. The molecule has 0 spiro atoms. The average molecular weight is 405 g/mol. The number of carbonyl (C=O) groups excluding carboxylic acids is 2. The Labute approximate surface area is 170 Å².